The van der Waals surface area contributed by atoms with Crippen LogP contribution in [0.2, 0.25) is 0 Å². The zero-order valence-electron chi connectivity index (χ0n) is 16.6. The van der Waals surface area contributed by atoms with Gasteiger partial charge in [-0.05, 0) is 47.7 Å². The molecule has 0 saturated carbocycles. The van der Waals surface area contributed by atoms with Gasteiger partial charge in [-0.25, -0.2) is 13.1 Å². The highest BCUT2D eigenvalue weighted by atomic mass is 32.2. The van der Waals surface area contributed by atoms with Crippen molar-refractivity contribution in [1.82, 2.24) is 15.1 Å². The first-order valence-corrected chi connectivity index (χ1v) is 11.4. The molecule has 0 radical (unpaired) electrons. The molecule has 0 bridgehead atoms. The minimum atomic E-state index is -3.73. The van der Waals surface area contributed by atoms with Gasteiger partial charge < -0.3 is 5.32 Å². The van der Waals surface area contributed by atoms with E-state index in [9.17, 15) is 13.2 Å². The predicted octanol–water partition coefficient (Wildman–Crippen LogP) is 2.89. The molecule has 0 aliphatic carbocycles. The number of aromatic nitrogens is 2. The number of hydrogen-bond donors (Lipinski definition) is 1. The lowest BCUT2D eigenvalue weighted by atomic mass is 10.1. The number of hydrogen-bond acceptors (Lipinski definition) is 4. The first-order chi connectivity index (χ1) is 15.0. The average Bonchev–Trinajstić information content (AvgIpc) is 3.38. The minimum Gasteiger partial charge on any atom is -0.354 e. The Kier molecular flexibility index (Phi) is 4.71. The highest BCUT2D eigenvalue weighted by Gasteiger charge is 2.36. The van der Waals surface area contributed by atoms with Crippen LogP contribution in [0.15, 0.2) is 84.0 Å². The molecular formula is C23H20N4O3S. The molecule has 2 heterocycles. The van der Waals surface area contributed by atoms with Crippen LogP contribution in [0.3, 0.4) is 0 Å². The van der Waals surface area contributed by atoms with Crippen molar-refractivity contribution in [3.8, 4) is 5.69 Å². The fraction of sp³-hybridized carbons (Fsp3) is 0.130. The molecule has 3 aromatic carbocycles. The normalized spacial score (nSPS) is 14.1. The van der Waals surface area contributed by atoms with Crippen LogP contribution in [-0.4, -0.2) is 37.2 Å². The van der Waals surface area contributed by atoms with Gasteiger partial charge in [0.2, 0.25) is 5.91 Å². The molecule has 0 spiro atoms. The average molecular weight is 433 g/mol. The van der Waals surface area contributed by atoms with Gasteiger partial charge in [-0.15, -0.1) is 0 Å². The molecule has 7 nitrogen and oxygen atoms in total. The van der Waals surface area contributed by atoms with Gasteiger partial charge in [-0.2, -0.15) is 5.10 Å². The fourth-order valence-electron chi connectivity index (χ4n) is 3.90. The summed E-state index contributed by atoms with van der Waals surface area (Å²) in [4.78, 5) is 12.8. The third-order valence-electron chi connectivity index (χ3n) is 5.41. The van der Waals surface area contributed by atoms with Crippen LogP contribution >= 0.6 is 0 Å². The Bertz CT molecular complexity index is 1360. The maximum atomic E-state index is 13.0. The van der Waals surface area contributed by atoms with Crippen LogP contribution in [0.4, 0.5) is 5.69 Å². The van der Waals surface area contributed by atoms with Crippen molar-refractivity contribution in [3.05, 3.63) is 84.7 Å². The lowest BCUT2D eigenvalue weighted by Crippen LogP contribution is -2.39. The number of nitrogens with one attached hydrogen (secondary N) is 1. The molecule has 4 aromatic rings. The maximum Gasteiger partial charge on any atom is 0.265 e. The lowest BCUT2D eigenvalue weighted by molar-refractivity contribution is -0.119. The monoisotopic (exact) mass is 432 g/mol. The molecule has 0 atom stereocenters. The van der Waals surface area contributed by atoms with E-state index in [0.717, 1.165) is 16.6 Å². The molecule has 1 aliphatic heterocycles. The number of benzene rings is 3. The number of sulfonamides is 1. The molecule has 1 aromatic heterocycles. The summed E-state index contributed by atoms with van der Waals surface area (Å²) in [5.74, 6) is -0.332. The Hall–Kier alpha value is -3.65. The number of carbonyl (C=O) groups excluding carboxylic acids is 1. The third kappa shape index (κ3) is 3.44. The van der Waals surface area contributed by atoms with E-state index in [4.69, 9.17) is 0 Å². The van der Waals surface area contributed by atoms with E-state index in [1.807, 2.05) is 48.7 Å². The largest absolute Gasteiger partial charge is 0.354 e. The second-order valence-corrected chi connectivity index (χ2v) is 9.19. The second-order valence-electron chi connectivity index (χ2n) is 7.36. The Morgan fingerprint density at radius 2 is 1.74 bits per heavy atom. The van der Waals surface area contributed by atoms with Crippen molar-refractivity contribution in [3.63, 3.8) is 0 Å². The zero-order valence-corrected chi connectivity index (χ0v) is 17.4. The second kappa shape index (κ2) is 7.55. The van der Waals surface area contributed by atoms with Gasteiger partial charge in [-0.1, -0.05) is 36.4 Å². The molecule has 31 heavy (non-hydrogen) atoms. The SMILES string of the molecule is O=C(CN1c2cccc3cccc(c23)S1(=O)=O)NCCc1ccc(-n2cccn2)cc1. The first kappa shape index (κ1) is 19.3. The van der Waals surface area contributed by atoms with Crippen molar-refractivity contribution < 1.29 is 13.2 Å². The Morgan fingerprint density at radius 3 is 2.48 bits per heavy atom. The van der Waals surface area contributed by atoms with Crippen LogP contribution in [0, 0.1) is 0 Å². The zero-order chi connectivity index (χ0) is 21.4. The Labute approximate surface area is 180 Å². The van der Waals surface area contributed by atoms with E-state index in [1.165, 1.54) is 4.31 Å². The lowest BCUT2D eigenvalue weighted by Gasteiger charge is -2.18. The van der Waals surface area contributed by atoms with Gasteiger partial charge in [0.15, 0.2) is 0 Å². The van der Waals surface area contributed by atoms with Gasteiger partial charge in [0.25, 0.3) is 10.0 Å². The standard InChI is InChI=1S/C23H20N4O3S/c28-22(24-14-12-17-8-10-19(11-9-17)26-15-3-13-25-26)16-27-20-6-1-4-18-5-2-7-21(23(18)20)31(27,29)30/h1-11,13,15H,12,14,16H2,(H,24,28). The van der Waals surface area contributed by atoms with Gasteiger partial charge >= 0.3 is 0 Å². The predicted molar refractivity (Wildman–Crippen MR) is 119 cm³/mol. The van der Waals surface area contributed by atoms with E-state index in [-0.39, 0.29) is 17.3 Å². The van der Waals surface area contributed by atoms with Crippen molar-refractivity contribution in [2.75, 3.05) is 17.4 Å². The summed E-state index contributed by atoms with van der Waals surface area (Å²) in [6.07, 6.45) is 4.25. The molecule has 1 N–H and O–H groups in total. The fourth-order valence-corrected chi connectivity index (χ4v) is 5.56. The summed E-state index contributed by atoms with van der Waals surface area (Å²) < 4.78 is 28.9. The number of nitrogens with zero attached hydrogens (tertiary/aromatic N) is 3. The van der Waals surface area contributed by atoms with Crippen LogP contribution in [0.5, 0.6) is 0 Å². The van der Waals surface area contributed by atoms with Crippen LogP contribution in [0.25, 0.3) is 16.5 Å². The van der Waals surface area contributed by atoms with Gasteiger partial charge in [-0.3, -0.25) is 9.10 Å². The minimum absolute atomic E-state index is 0.242. The number of rotatable bonds is 6. The summed E-state index contributed by atoms with van der Waals surface area (Å²) in [6.45, 7) is 0.180. The molecule has 0 fully saturated rings. The van der Waals surface area contributed by atoms with Gasteiger partial charge in [0.1, 0.15) is 6.54 Å². The van der Waals surface area contributed by atoms with Crippen molar-refractivity contribution in [2.24, 2.45) is 0 Å². The van der Waals surface area contributed by atoms with E-state index < -0.39 is 10.0 Å². The van der Waals surface area contributed by atoms with Crippen molar-refractivity contribution in [2.45, 2.75) is 11.3 Å². The first-order valence-electron chi connectivity index (χ1n) is 9.94. The summed E-state index contributed by atoms with van der Waals surface area (Å²) >= 11 is 0. The molecule has 1 aliphatic rings. The van der Waals surface area contributed by atoms with Crippen molar-refractivity contribution >= 4 is 32.4 Å². The van der Waals surface area contributed by atoms with E-state index in [2.05, 4.69) is 10.4 Å². The molecular weight excluding hydrogens is 412 g/mol. The van der Waals surface area contributed by atoms with E-state index >= 15 is 0 Å². The topological polar surface area (TPSA) is 84.3 Å². The highest BCUT2D eigenvalue weighted by molar-refractivity contribution is 7.93. The van der Waals surface area contributed by atoms with Crippen LogP contribution < -0.4 is 9.62 Å². The van der Waals surface area contributed by atoms with Crippen molar-refractivity contribution in [1.29, 1.82) is 0 Å². The van der Waals surface area contributed by atoms with Crippen LogP contribution in [-0.2, 0) is 21.2 Å². The molecule has 156 valence electrons. The summed E-state index contributed by atoms with van der Waals surface area (Å²) in [7, 11) is -3.73. The smallest absolute Gasteiger partial charge is 0.265 e. The van der Waals surface area contributed by atoms with E-state index in [1.54, 1.807) is 35.1 Å². The summed E-state index contributed by atoms with van der Waals surface area (Å²) in [5, 5.41) is 8.55. The van der Waals surface area contributed by atoms with Gasteiger partial charge in [0.05, 0.1) is 16.3 Å². The van der Waals surface area contributed by atoms with Crippen LogP contribution in [0.1, 0.15) is 5.56 Å². The summed E-state index contributed by atoms with van der Waals surface area (Å²) in [5.41, 5.74) is 2.59. The molecule has 8 heteroatoms. The Morgan fingerprint density at radius 1 is 0.968 bits per heavy atom. The number of amides is 1. The molecule has 0 unspecified atom stereocenters. The maximum absolute atomic E-state index is 13.0. The molecule has 1 amide bonds. The summed E-state index contributed by atoms with van der Waals surface area (Å²) in [6, 6.07) is 20.4. The highest BCUT2D eigenvalue weighted by Crippen LogP contribution is 2.41. The number of carbonyl (C=O) groups is 1. The molecule has 0 saturated heterocycles. The van der Waals surface area contributed by atoms with E-state index in [0.29, 0.717) is 24.0 Å². The quantitative estimate of drug-likeness (QED) is 0.508. The van der Waals surface area contributed by atoms with Gasteiger partial charge in [0, 0.05) is 24.3 Å². The number of anilines is 1. The Balaban J connectivity index is 1.23. The third-order valence-corrected chi connectivity index (χ3v) is 7.21. The molecule has 5 rings (SSSR count).